The highest BCUT2D eigenvalue weighted by Crippen LogP contribution is 2.24. The van der Waals surface area contributed by atoms with Crippen molar-refractivity contribution in [2.45, 2.75) is 6.42 Å². The first-order valence-corrected chi connectivity index (χ1v) is 5.84. The summed E-state index contributed by atoms with van der Waals surface area (Å²) in [6.07, 6.45) is 1.97. The van der Waals surface area contributed by atoms with Gasteiger partial charge in [-0.1, -0.05) is 6.07 Å². The SMILES string of the molecule is COc1cc2ncccc2cc1C(=O)NCCC#N. The zero-order valence-electron chi connectivity index (χ0n) is 10.5. The molecule has 5 nitrogen and oxygen atoms in total. The quantitative estimate of drug-likeness (QED) is 0.846. The number of benzene rings is 1. The minimum absolute atomic E-state index is 0.252. The van der Waals surface area contributed by atoms with Gasteiger partial charge in [0.15, 0.2) is 0 Å². The molecule has 96 valence electrons. The molecule has 2 aromatic rings. The van der Waals surface area contributed by atoms with Crippen molar-refractivity contribution in [3.05, 3.63) is 36.0 Å². The molecule has 0 unspecified atom stereocenters. The molecule has 19 heavy (non-hydrogen) atoms. The fraction of sp³-hybridized carbons (Fsp3) is 0.214. The molecule has 0 aliphatic carbocycles. The van der Waals surface area contributed by atoms with Gasteiger partial charge in [-0.25, -0.2) is 0 Å². The summed E-state index contributed by atoms with van der Waals surface area (Å²) in [5, 5.41) is 12.0. The third kappa shape index (κ3) is 2.80. The van der Waals surface area contributed by atoms with Gasteiger partial charge in [0, 0.05) is 24.2 Å². The number of methoxy groups -OCH3 is 1. The predicted octanol–water partition coefficient (Wildman–Crippen LogP) is 1.89. The summed E-state index contributed by atoms with van der Waals surface area (Å²) in [5.41, 5.74) is 1.22. The maximum Gasteiger partial charge on any atom is 0.255 e. The molecule has 0 aliphatic heterocycles. The highest BCUT2D eigenvalue weighted by Gasteiger charge is 2.13. The average Bonchev–Trinajstić information content (AvgIpc) is 2.46. The predicted molar refractivity (Wildman–Crippen MR) is 70.9 cm³/mol. The molecule has 0 atom stereocenters. The highest BCUT2D eigenvalue weighted by atomic mass is 16.5. The van der Waals surface area contributed by atoms with Gasteiger partial charge in [-0.2, -0.15) is 5.26 Å². The van der Waals surface area contributed by atoms with Crippen LogP contribution in [0, 0.1) is 11.3 Å². The van der Waals surface area contributed by atoms with Gasteiger partial charge in [-0.05, 0) is 12.1 Å². The van der Waals surface area contributed by atoms with Crippen LogP contribution < -0.4 is 10.1 Å². The Hall–Kier alpha value is -2.61. The van der Waals surface area contributed by atoms with Gasteiger partial charge in [-0.3, -0.25) is 9.78 Å². The summed E-state index contributed by atoms with van der Waals surface area (Å²) in [4.78, 5) is 16.2. The number of carbonyl (C=O) groups excluding carboxylic acids is 1. The van der Waals surface area contributed by atoms with E-state index in [2.05, 4.69) is 10.3 Å². The standard InChI is InChI=1S/C14H13N3O2/c1-19-13-9-12-10(4-2-6-16-12)8-11(13)14(18)17-7-3-5-15/h2,4,6,8-9H,3,7H2,1H3,(H,17,18). The zero-order valence-corrected chi connectivity index (χ0v) is 10.5. The van der Waals surface area contributed by atoms with Crippen LogP contribution in [0.2, 0.25) is 0 Å². The average molecular weight is 255 g/mol. The largest absolute Gasteiger partial charge is 0.496 e. The number of ether oxygens (including phenoxy) is 1. The molecule has 1 amide bonds. The van der Waals surface area contributed by atoms with Crippen molar-refractivity contribution < 1.29 is 9.53 Å². The van der Waals surface area contributed by atoms with Crippen molar-refractivity contribution in [2.75, 3.05) is 13.7 Å². The van der Waals surface area contributed by atoms with E-state index < -0.39 is 0 Å². The third-order valence-corrected chi connectivity index (χ3v) is 2.69. The monoisotopic (exact) mass is 255 g/mol. The molecule has 0 fully saturated rings. The number of carbonyl (C=O) groups is 1. The molecule has 0 bridgehead atoms. The summed E-state index contributed by atoms with van der Waals surface area (Å²) in [5.74, 6) is 0.221. The van der Waals surface area contributed by atoms with Crippen LogP contribution in [0.5, 0.6) is 5.75 Å². The molecule has 5 heteroatoms. The Kier molecular flexibility index (Phi) is 3.94. The molecule has 1 N–H and O–H groups in total. The van der Waals surface area contributed by atoms with Crippen molar-refractivity contribution in [2.24, 2.45) is 0 Å². The lowest BCUT2D eigenvalue weighted by atomic mass is 10.1. The number of hydrogen-bond donors (Lipinski definition) is 1. The Labute approximate surface area is 110 Å². The second-order valence-electron chi connectivity index (χ2n) is 3.91. The lowest BCUT2D eigenvalue weighted by Crippen LogP contribution is -2.24. The number of rotatable bonds is 4. The van der Waals surface area contributed by atoms with Gasteiger partial charge >= 0.3 is 0 Å². The minimum atomic E-state index is -0.252. The number of nitriles is 1. The number of amides is 1. The van der Waals surface area contributed by atoms with Crippen molar-refractivity contribution >= 4 is 16.8 Å². The Balaban J connectivity index is 2.35. The lowest BCUT2D eigenvalue weighted by molar-refractivity contribution is 0.0951. The van der Waals surface area contributed by atoms with Gasteiger partial charge < -0.3 is 10.1 Å². The summed E-state index contributed by atoms with van der Waals surface area (Å²) >= 11 is 0. The van der Waals surface area contributed by atoms with Gasteiger partial charge in [0.2, 0.25) is 0 Å². The molecule has 0 aliphatic rings. The topological polar surface area (TPSA) is 75.0 Å². The van der Waals surface area contributed by atoms with E-state index in [-0.39, 0.29) is 12.3 Å². The molecular weight excluding hydrogens is 242 g/mol. The van der Waals surface area contributed by atoms with Crippen molar-refractivity contribution in [3.8, 4) is 11.8 Å². The van der Waals surface area contributed by atoms with E-state index in [1.165, 1.54) is 7.11 Å². The summed E-state index contributed by atoms with van der Waals surface area (Å²) in [7, 11) is 1.51. The maximum atomic E-state index is 12.0. The molecule has 0 radical (unpaired) electrons. The fourth-order valence-electron chi connectivity index (χ4n) is 1.77. The van der Waals surface area contributed by atoms with E-state index in [9.17, 15) is 4.79 Å². The molecule has 1 aromatic heterocycles. The third-order valence-electron chi connectivity index (χ3n) is 2.69. The number of pyridine rings is 1. The number of nitrogens with one attached hydrogen (secondary N) is 1. The lowest BCUT2D eigenvalue weighted by Gasteiger charge is -2.09. The van der Waals surface area contributed by atoms with Crippen LogP contribution in [0.3, 0.4) is 0 Å². The maximum absolute atomic E-state index is 12.0. The minimum Gasteiger partial charge on any atom is -0.496 e. The second-order valence-corrected chi connectivity index (χ2v) is 3.91. The van der Waals surface area contributed by atoms with Gasteiger partial charge in [-0.15, -0.1) is 0 Å². The van der Waals surface area contributed by atoms with Crippen LogP contribution >= 0.6 is 0 Å². The fourth-order valence-corrected chi connectivity index (χ4v) is 1.77. The number of nitrogens with zero attached hydrogens (tertiary/aromatic N) is 2. The van der Waals surface area contributed by atoms with Crippen LogP contribution in [-0.4, -0.2) is 24.5 Å². The zero-order chi connectivity index (χ0) is 13.7. The normalized spacial score (nSPS) is 9.89. The number of hydrogen-bond acceptors (Lipinski definition) is 4. The Morgan fingerprint density at radius 2 is 2.37 bits per heavy atom. The summed E-state index contributed by atoms with van der Waals surface area (Å²) in [6, 6.07) is 9.14. The van der Waals surface area contributed by atoms with Crippen molar-refractivity contribution in [3.63, 3.8) is 0 Å². The Bertz CT molecular complexity index is 647. The van der Waals surface area contributed by atoms with Crippen LogP contribution in [0.25, 0.3) is 10.9 Å². The highest BCUT2D eigenvalue weighted by molar-refractivity contribution is 6.00. The van der Waals surface area contributed by atoms with Crippen LogP contribution in [-0.2, 0) is 0 Å². The Morgan fingerprint density at radius 1 is 1.53 bits per heavy atom. The van der Waals surface area contributed by atoms with E-state index in [0.717, 1.165) is 10.9 Å². The first-order chi connectivity index (χ1) is 9.26. The molecule has 0 saturated carbocycles. The van der Waals surface area contributed by atoms with Crippen molar-refractivity contribution in [1.29, 1.82) is 5.26 Å². The van der Waals surface area contributed by atoms with E-state index in [1.54, 1.807) is 18.3 Å². The van der Waals surface area contributed by atoms with Crippen molar-refractivity contribution in [1.82, 2.24) is 10.3 Å². The molecule has 1 heterocycles. The number of fused-ring (bicyclic) bond motifs is 1. The molecular formula is C14H13N3O2. The molecule has 0 saturated heterocycles. The molecule has 2 rings (SSSR count). The molecule has 1 aromatic carbocycles. The smallest absolute Gasteiger partial charge is 0.255 e. The van der Waals surface area contributed by atoms with Crippen LogP contribution in [0.1, 0.15) is 16.8 Å². The first-order valence-electron chi connectivity index (χ1n) is 5.84. The van der Waals surface area contributed by atoms with E-state index >= 15 is 0 Å². The summed E-state index contributed by atoms with van der Waals surface area (Å²) < 4.78 is 5.22. The van der Waals surface area contributed by atoms with E-state index in [4.69, 9.17) is 10.00 Å². The Morgan fingerprint density at radius 3 is 3.11 bits per heavy atom. The molecule has 0 spiro atoms. The van der Waals surface area contributed by atoms with Gasteiger partial charge in [0.05, 0.1) is 30.7 Å². The van der Waals surface area contributed by atoms with E-state index in [1.807, 2.05) is 18.2 Å². The van der Waals surface area contributed by atoms with Gasteiger partial charge in [0.25, 0.3) is 5.91 Å². The van der Waals surface area contributed by atoms with Crippen LogP contribution in [0.4, 0.5) is 0 Å². The van der Waals surface area contributed by atoms with Crippen LogP contribution in [0.15, 0.2) is 30.5 Å². The van der Waals surface area contributed by atoms with Gasteiger partial charge in [0.1, 0.15) is 5.75 Å². The number of aromatic nitrogens is 1. The summed E-state index contributed by atoms with van der Waals surface area (Å²) in [6.45, 7) is 0.323. The second kappa shape index (κ2) is 5.83. The van der Waals surface area contributed by atoms with E-state index in [0.29, 0.717) is 17.9 Å². The first kappa shape index (κ1) is 12.8.